The number of carbonyl (C=O) groups excluding carboxylic acids is 1. The summed E-state index contributed by atoms with van der Waals surface area (Å²) in [7, 11) is 1.64. The molecule has 2 unspecified atom stereocenters. The first kappa shape index (κ1) is 17.0. The van der Waals surface area contributed by atoms with Crippen molar-refractivity contribution in [3.63, 3.8) is 0 Å². The van der Waals surface area contributed by atoms with Crippen LogP contribution in [0.1, 0.15) is 35.8 Å². The van der Waals surface area contributed by atoms with Crippen molar-refractivity contribution in [2.75, 3.05) is 13.7 Å². The lowest BCUT2D eigenvalue weighted by atomic mass is 9.95. The highest BCUT2D eigenvalue weighted by molar-refractivity contribution is 7.16. The van der Waals surface area contributed by atoms with Crippen LogP contribution in [0.15, 0.2) is 42.5 Å². The first-order valence-corrected chi connectivity index (χ1v) is 8.45. The van der Waals surface area contributed by atoms with Gasteiger partial charge in [-0.3, -0.25) is 4.79 Å². The van der Waals surface area contributed by atoms with Gasteiger partial charge in [-0.25, -0.2) is 0 Å². The average Bonchev–Trinajstić information content (AvgIpc) is 2.96. The molecule has 0 bridgehead atoms. The fourth-order valence-corrected chi connectivity index (χ4v) is 3.51. The lowest BCUT2D eigenvalue weighted by molar-refractivity contribution is -0.123. The molecular formula is C17H20ClNO2S. The zero-order chi connectivity index (χ0) is 15.9. The maximum Gasteiger partial charge on any atom is 0.227 e. The molecule has 5 heteroatoms. The summed E-state index contributed by atoms with van der Waals surface area (Å²) >= 11 is 7.42. The van der Waals surface area contributed by atoms with E-state index in [2.05, 4.69) is 5.32 Å². The molecule has 0 saturated carbocycles. The summed E-state index contributed by atoms with van der Waals surface area (Å²) in [6.45, 7) is 2.46. The Labute approximate surface area is 140 Å². The number of amides is 1. The molecule has 2 rings (SSSR count). The number of hydrogen-bond donors (Lipinski definition) is 1. The van der Waals surface area contributed by atoms with Gasteiger partial charge in [-0.1, -0.05) is 48.9 Å². The largest absolute Gasteiger partial charge is 0.374 e. The van der Waals surface area contributed by atoms with Crippen molar-refractivity contribution in [2.24, 2.45) is 0 Å². The first-order valence-electron chi connectivity index (χ1n) is 7.26. The van der Waals surface area contributed by atoms with E-state index < -0.39 is 0 Å². The molecule has 0 radical (unpaired) electrons. The van der Waals surface area contributed by atoms with Crippen LogP contribution in [0, 0.1) is 0 Å². The first-order chi connectivity index (χ1) is 10.7. The smallest absolute Gasteiger partial charge is 0.227 e. The Bertz CT molecular complexity index is 600. The van der Waals surface area contributed by atoms with Gasteiger partial charge in [0, 0.05) is 18.5 Å². The molecular weight excluding hydrogens is 318 g/mol. The van der Waals surface area contributed by atoms with Gasteiger partial charge in [0.25, 0.3) is 0 Å². The second-order valence-electron chi connectivity index (χ2n) is 4.98. The maximum atomic E-state index is 12.4. The second kappa shape index (κ2) is 8.32. The van der Waals surface area contributed by atoms with Gasteiger partial charge in [0.1, 0.15) is 6.10 Å². The Morgan fingerprint density at radius 2 is 2.00 bits per heavy atom. The SMILES string of the molecule is CCC(C(=O)NCC(OC)c1ccc(Cl)s1)c1ccccc1. The minimum absolute atomic E-state index is 0.0263. The topological polar surface area (TPSA) is 38.3 Å². The molecule has 1 N–H and O–H groups in total. The lowest BCUT2D eigenvalue weighted by Crippen LogP contribution is -2.33. The van der Waals surface area contributed by atoms with Crippen LogP contribution >= 0.6 is 22.9 Å². The molecule has 0 aliphatic heterocycles. The molecule has 2 aromatic rings. The Balaban J connectivity index is 1.98. The van der Waals surface area contributed by atoms with Crippen LogP contribution in [0.25, 0.3) is 0 Å². The van der Waals surface area contributed by atoms with Gasteiger partial charge in [0.05, 0.1) is 10.3 Å². The van der Waals surface area contributed by atoms with Crippen LogP contribution < -0.4 is 5.32 Å². The molecule has 0 aliphatic carbocycles. The van der Waals surface area contributed by atoms with Crippen LogP contribution in [0.2, 0.25) is 4.34 Å². The molecule has 1 aromatic carbocycles. The minimum atomic E-state index is -0.172. The van der Waals surface area contributed by atoms with Crippen LogP contribution in [-0.2, 0) is 9.53 Å². The van der Waals surface area contributed by atoms with Crippen molar-refractivity contribution in [3.8, 4) is 0 Å². The number of halogens is 1. The Morgan fingerprint density at radius 3 is 2.55 bits per heavy atom. The molecule has 1 heterocycles. The molecule has 0 aliphatic rings. The van der Waals surface area contributed by atoms with Crippen LogP contribution in [0.5, 0.6) is 0 Å². The molecule has 0 saturated heterocycles. The van der Waals surface area contributed by atoms with Gasteiger partial charge in [0.2, 0.25) is 5.91 Å². The van der Waals surface area contributed by atoms with E-state index in [0.29, 0.717) is 6.54 Å². The van der Waals surface area contributed by atoms with Crippen molar-refractivity contribution in [2.45, 2.75) is 25.4 Å². The van der Waals surface area contributed by atoms with Gasteiger partial charge in [-0.05, 0) is 24.1 Å². The van der Waals surface area contributed by atoms with Crippen LogP contribution in [0.3, 0.4) is 0 Å². The Hall–Kier alpha value is -1.36. The predicted molar refractivity (Wildman–Crippen MR) is 91.6 cm³/mol. The maximum absolute atomic E-state index is 12.4. The fourth-order valence-electron chi connectivity index (χ4n) is 2.38. The average molecular weight is 338 g/mol. The van der Waals surface area contributed by atoms with E-state index in [-0.39, 0.29) is 17.9 Å². The molecule has 0 fully saturated rings. The van der Waals surface area contributed by atoms with Crippen molar-refractivity contribution < 1.29 is 9.53 Å². The molecule has 22 heavy (non-hydrogen) atoms. The summed E-state index contributed by atoms with van der Waals surface area (Å²) in [5.41, 5.74) is 1.04. The zero-order valence-electron chi connectivity index (χ0n) is 12.7. The summed E-state index contributed by atoms with van der Waals surface area (Å²) in [5.74, 6) is -0.107. The number of carbonyl (C=O) groups is 1. The minimum Gasteiger partial charge on any atom is -0.374 e. The van der Waals surface area contributed by atoms with Crippen molar-refractivity contribution >= 4 is 28.8 Å². The number of methoxy groups -OCH3 is 1. The number of benzene rings is 1. The predicted octanol–water partition coefficient (Wildman–Crippen LogP) is 4.40. The van der Waals surface area contributed by atoms with Gasteiger partial charge >= 0.3 is 0 Å². The Kier molecular flexibility index (Phi) is 6.43. The van der Waals surface area contributed by atoms with E-state index >= 15 is 0 Å². The van der Waals surface area contributed by atoms with E-state index in [1.165, 1.54) is 11.3 Å². The third kappa shape index (κ3) is 4.32. The van der Waals surface area contributed by atoms with E-state index in [4.69, 9.17) is 16.3 Å². The standard InChI is InChI=1S/C17H20ClNO2S/c1-3-13(12-7-5-4-6-8-12)17(20)19-11-14(21-2)15-9-10-16(18)22-15/h4-10,13-14H,3,11H2,1-2H3,(H,19,20). The summed E-state index contributed by atoms with van der Waals surface area (Å²) in [6.07, 6.45) is 0.591. The lowest BCUT2D eigenvalue weighted by Gasteiger charge is -2.19. The van der Waals surface area contributed by atoms with Gasteiger partial charge in [-0.2, -0.15) is 0 Å². The second-order valence-corrected chi connectivity index (χ2v) is 6.73. The van der Waals surface area contributed by atoms with Crippen LogP contribution in [-0.4, -0.2) is 19.6 Å². The fraction of sp³-hybridized carbons (Fsp3) is 0.353. The summed E-state index contributed by atoms with van der Waals surface area (Å²) in [4.78, 5) is 13.5. The number of rotatable bonds is 7. The quantitative estimate of drug-likeness (QED) is 0.813. The summed E-state index contributed by atoms with van der Waals surface area (Å²) in [6, 6.07) is 13.6. The van der Waals surface area contributed by atoms with Gasteiger partial charge in [-0.15, -0.1) is 11.3 Å². The number of ether oxygens (including phenoxy) is 1. The third-order valence-electron chi connectivity index (χ3n) is 3.58. The zero-order valence-corrected chi connectivity index (χ0v) is 14.3. The monoisotopic (exact) mass is 337 g/mol. The number of thiophene rings is 1. The number of hydrogen-bond acceptors (Lipinski definition) is 3. The number of nitrogens with one attached hydrogen (secondary N) is 1. The molecule has 1 aromatic heterocycles. The summed E-state index contributed by atoms with van der Waals surface area (Å²) < 4.78 is 6.18. The van der Waals surface area contributed by atoms with Crippen molar-refractivity contribution in [3.05, 3.63) is 57.2 Å². The van der Waals surface area contributed by atoms with Gasteiger partial charge < -0.3 is 10.1 Å². The summed E-state index contributed by atoms with van der Waals surface area (Å²) in [5, 5.41) is 2.99. The molecule has 3 nitrogen and oxygen atoms in total. The normalized spacial score (nSPS) is 13.6. The third-order valence-corrected chi connectivity index (χ3v) is 4.91. The van der Waals surface area contributed by atoms with E-state index in [0.717, 1.165) is 21.2 Å². The molecule has 0 spiro atoms. The molecule has 1 amide bonds. The van der Waals surface area contributed by atoms with Gasteiger partial charge in [0.15, 0.2) is 0 Å². The Morgan fingerprint density at radius 1 is 1.27 bits per heavy atom. The van der Waals surface area contributed by atoms with Crippen LogP contribution in [0.4, 0.5) is 0 Å². The van der Waals surface area contributed by atoms with E-state index in [1.54, 1.807) is 7.11 Å². The highest BCUT2D eigenvalue weighted by Crippen LogP contribution is 2.28. The highest BCUT2D eigenvalue weighted by Gasteiger charge is 2.20. The highest BCUT2D eigenvalue weighted by atomic mass is 35.5. The molecule has 118 valence electrons. The molecule has 2 atom stereocenters. The van der Waals surface area contributed by atoms with Crippen molar-refractivity contribution in [1.29, 1.82) is 0 Å². The van der Waals surface area contributed by atoms with E-state index in [1.807, 2.05) is 49.4 Å². The van der Waals surface area contributed by atoms with Crippen molar-refractivity contribution in [1.82, 2.24) is 5.32 Å². The van der Waals surface area contributed by atoms with E-state index in [9.17, 15) is 4.79 Å².